The summed E-state index contributed by atoms with van der Waals surface area (Å²) in [5.41, 5.74) is 1.74. The lowest BCUT2D eigenvalue weighted by atomic mass is 10.2. The van der Waals surface area contributed by atoms with Gasteiger partial charge in [-0.05, 0) is 41.5 Å². The Hall–Kier alpha value is -3.66. The fourth-order valence-electron chi connectivity index (χ4n) is 2.40. The molecule has 3 rings (SSSR count). The molecule has 1 N–H and O–H groups in total. The molecule has 1 heterocycles. The zero-order valence-corrected chi connectivity index (χ0v) is 13.9. The minimum absolute atomic E-state index is 0.0312. The third-order valence-corrected chi connectivity index (χ3v) is 3.72. The maximum atomic E-state index is 13.0. The van der Waals surface area contributed by atoms with Gasteiger partial charge >= 0.3 is 0 Å². The molecule has 6 nitrogen and oxygen atoms in total. The van der Waals surface area contributed by atoms with Crippen molar-refractivity contribution >= 4 is 12.0 Å². The van der Waals surface area contributed by atoms with E-state index in [0.717, 1.165) is 5.56 Å². The number of nitriles is 1. The van der Waals surface area contributed by atoms with Gasteiger partial charge in [0.2, 0.25) is 0 Å². The SMILES string of the molecule is COc1cc(/C=N/c2c(C#N)ncn2Cc2ccc(F)cc2)ccc1O. The molecular weight excluding hydrogens is 335 g/mol. The van der Waals surface area contributed by atoms with E-state index in [0.29, 0.717) is 23.7 Å². The molecule has 2 aromatic carbocycles. The highest BCUT2D eigenvalue weighted by Gasteiger charge is 2.10. The maximum absolute atomic E-state index is 13.0. The number of aromatic hydroxyl groups is 1. The topological polar surface area (TPSA) is 83.4 Å². The van der Waals surface area contributed by atoms with Crippen molar-refractivity contribution in [3.63, 3.8) is 0 Å². The largest absolute Gasteiger partial charge is 0.504 e. The summed E-state index contributed by atoms with van der Waals surface area (Å²) in [4.78, 5) is 8.43. The second-order valence-electron chi connectivity index (χ2n) is 5.47. The van der Waals surface area contributed by atoms with Crippen LogP contribution in [0.15, 0.2) is 53.8 Å². The zero-order valence-electron chi connectivity index (χ0n) is 13.9. The monoisotopic (exact) mass is 350 g/mol. The summed E-state index contributed by atoms with van der Waals surface area (Å²) in [6.07, 6.45) is 3.08. The van der Waals surface area contributed by atoms with Crippen molar-refractivity contribution in [3.05, 3.63) is 71.4 Å². The van der Waals surface area contributed by atoms with E-state index in [1.807, 2.05) is 6.07 Å². The Labute approximate surface area is 149 Å². The average molecular weight is 350 g/mol. The van der Waals surface area contributed by atoms with E-state index in [1.54, 1.807) is 35.0 Å². The van der Waals surface area contributed by atoms with Crippen molar-refractivity contribution in [2.24, 2.45) is 4.99 Å². The molecule has 0 spiro atoms. The molecular formula is C19H15FN4O2. The smallest absolute Gasteiger partial charge is 0.185 e. The van der Waals surface area contributed by atoms with Crippen LogP contribution in [0.3, 0.4) is 0 Å². The van der Waals surface area contributed by atoms with Gasteiger partial charge in [-0.2, -0.15) is 5.26 Å². The Morgan fingerprint density at radius 1 is 1.31 bits per heavy atom. The van der Waals surface area contributed by atoms with Crippen LogP contribution in [0, 0.1) is 17.1 Å². The Balaban J connectivity index is 1.90. The van der Waals surface area contributed by atoms with Crippen molar-refractivity contribution in [3.8, 4) is 17.6 Å². The van der Waals surface area contributed by atoms with Crippen LogP contribution in [0.1, 0.15) is 16.8 Å². The molecule has 0 unspecified atom stereocenters. The molecule has 0 aliphatic rings. The number of nitrogens with zero attached hydrogens (tertiary/aromatic N) is 4. The highest BCUT2D eigenvalue weighted by atomic mass is 19.1. The zero-order chi connectivity index (χ0) is 18.5. The summed E-state index contributed by atoms with van der Waals surface area (Å²) >= 11 is 0. The van der Waals surface area contributed by atoms with Crippen molar-refractivity contribution in [2.75, 3.05) is 7.11 Å². The molecule has 0 saturated heterocycles. The third kappa shape index (κ3) is 3.70. The van der Waals surface area contributed by atoms with Crippen molar-refractivity contribution in [2.45, 2.75) is 6.54 Å². The van der Waals surface area contributed by atoms with Crippen LogP contribution >= 0.6 is 0 Å². The van der Waals surface area contributed by atoms with E-state index in [2.05, 4.69) is 9.98 Å². The molecule has 0 amide bonds. The van der Waals surface area contributed by atoms with Gasteiger partial charge < -0.3 is 14.4 Å². The lowest BCUT2D eigenvalue weighted by molar-refractivity contribution is 0.373. The number of halogens is 1. The lowest BCUT2D eigenvalue weighted by Crippen LogP contribution is -1.98. The molecule has 0 atom stereocenters. The van der Waals surface area contributed by atoms with Gasteiger partial charge in [-0.15, -0.1) is 0 Å². The van der Waals surface area contributed by atoms with E-state index in [1.165, 1.54) is 31.6 Å². The predicted octanol–water partition coefficient (Wildman–Crippen LogP) is 3.41. The number of phenols is 1. The summed E-state index contributed by atoms with van der Waals surface area (Å²) < 4.78 is 19.8. The van der Waals surface area contributed by atoms with Crippen molar-refractivity contribution in [1.29, 1.82) is 5.26 Å². The average Bonchev–Trinajstić information content (AvgIpc) is 3.04. The van der Waals surface area contributed by atoms with Crippen LogP contribution in [0.5, 0.6) is 11.5 Å². The van der Waals surface area contributed by atoms with Gasteiger partial charge in [-0.3, -0.25) is 0 Å². The number of imidazole rings is 1. The number of benzene rings is 2. The summed E-state index contributed by atoms with van der Waals surface area (Å²) in [7, 11) is 1.46. The number of hydrogen-bond acceptors (Lipinski definition) is 5. The molecule has 0 aliphatic heterocycles. The van der Waals surface area contributed by atoms with Gasteiger partial charge in [0.15, 0.2) is 23.0 Å². The first-order valence-electron chi connectivity index (χ1n) is 7.71. The number of hydrogen-bond donors (Lipinski definition) is 1. The molecule has 3 aromatic rings. The van der Waals surface area contributed by atoms with E-state index in [4.69, 9.17) is 4.74 Å². The molecule has 0 saturated carbocycles. The van der Waals surface area contributed by atoms with Gasteiger partial charge in [0.1, 0.15) is 11.9 Å². The van der Waals surface area contributed by atoms with Crippen molar-refractivity contribution < 1.29 is 14.2 Å². The Morgan fingerprint density at radius 3 is 2.77 bits per heavy atom. The number of ether oxygens (including phenoxy) is 1. The molecule has 1 aromatic heterocycles. The molecule has 0 aliphatic carbocycles. The molecule has 0 radical (unpaired) electrons. The molecule has 26 heavy (non-hydrogen) atoms. The quantitative estimate of drug-likeness (QED) is 0.715. The Morgan fingerprint density at radius 2 is 2.08 bits per heavy atom. The van der Waals surface area contributed by atoms with Gasteiger partial charge in [-0.1, -0.05) is 12.1 Å². The van der Waals surface area contributed by atoms with Gasteiger partial charge in [0.25, 0.3) is 0 Å². The lowest BCUT2D eigenvalue weighted by Gasteiger charge is -2.06. The molecule has 0 bridgehead atoms. The van der Waals surface area contributed by atoms with E-state index < -0.39 is 0 Å². The summed E-state index contributed by atoms with van der Waals surface area (Å²) in [5.74, 6) is 0.443. The molecule has 7 heteroatoms. The number of aromatic nitrogens is 2. The van der Waals surface area contributed by atoms with Gasteiger partial charge in [-0.25, -0.2) is 14.4 Å². The van der Waals surface area contributed by atoms with Crippen LogP contribution in [0.2, 0.25) is 0 Å². The van der Waals surface area contributed by atoms with Crippen LogP contribution in [0.4, 0.5) is 10.2 Å². The summed E-state index contributed by atoms with van der Waals surface area (Å²) in [5, 5.41) is 18.9. The molecule has 130 valence electrons. The summed E-state index contributed by atoms with van der Waals surface area (Å²) in [6.45, 7) is 0.403. The normalized spacial score (nSPS) is 10.8. The Kier molecular flexibility index (Phi) is 4.94. The first-order chi connectivity index (χ1) is 12.6. The first-order valence-corrected chi connectivity index (χ1v) is 7.71. The summed E-state index contributed by atoms with van der Waals surface area (Å²) in [6, 6.07) is 12.9. The van der Waals surface area contributed by atoms with Crippen molar-refractivity contribution in [1.82, 2.24) is 9.55 Å². The van der Waals surface area contributed by atoms with E-state index in [9.17, 15) is 14.8 Å². The fraction of sp³-hybridized carbons (Fsp3) is 0.105. The highest BCUT2D eigenvalue weighted by Crippen LogP contribution is 2.26. The second-order valence-corrected chi connectivity index (χ2v) is 5.47. The third-order valence-electron chi connectivity index (χ3n) is 3.72. The Bertz CT molecular complexity index is 988. The molecule has 0 fully saturated rings. The van der Waals surface area contributed by atoms with Crippen LogP contribution in [-0.2, 0) is 6.54 Å². The standard InChI is InChI=1S/C19H15FN4O2/c1-26-18-8-14(4-7-17(18)25)10-22-19-16(9-21)23-12-24(19)11-13-2-5-15(20)6-3-13/h2-8,10,12,25H,11H2,1H3/b22-10+. The van der Waals surface area contributed by atoms with Crippen LogP contribution in [-0.4, -0.2) is 28.0 Å². The maximum Gasteiger partial charge on any atom is 0.185 e. The van der Waals surface area contributed by atoms with Gasteiger partial charge in [0.05, 0.1) is 20.0 Å². The van der Waals surface area contributed by atoms with Gasteiger partial charge in [0, 0.05) is 6.21 Å². The second kappa shape index (κ2) is 7.49. The van der Waals surface area contributed by atoms with Crippen LogP contribution < -0.4 is 4.74 Å². The number of phenolic OH excluding ortho intramolecular Hbond substituents is 1. The van der Waals surface area contributed by atoms with Crippen LogP contribution in [0.25, 0.3) is 0 Å². The van der Waals surface area contributed by atoms with E-state index in [-0.39, 0.29) is 17.3 Å². The minimum atomic E-state index is -0.309. The number of aliphatic imine (C=N–C) groups is 1. The number of rotatable bonds is 5. The fourth-order valence-corrected chi connectivity index (χ4v) is 2.40. The first kappa shape index (κ1) is 17.2. The number of methoxy groups -OCH3 is 1. The minimum Gasteiger partial charge on any atom is -0.504 e. The van der Waals surface area contributed by atoms with E-state index >= 15 is 0 Å². The predicted molar refractivity (Wildman–Crippen MR) is 94.4 cm³/mol. The highest BCUT2D eigenvalue weighted by molar-refractivity contribution is 5.83.